The lowest BCUT2D eigenvalue weighted by Crippen LogP contribution is -2.10. The Hall–Kier alpha value is -2.27. The number of carbonyl (C=O) groups excluding carboxylic acids is 2. The van der Waals surface area contributed by atoms with Gasteiger partial charge in [-0.3, -0.25) is 0 Å². The van der Waals surface area contributed by atoms with Crippen molar-refractivity contribution in [3.63, 3.8) is 0 Å². The summed E-state index contributed by atoms with van der Waals surface area (Å²) in [5.74, 6) is -1.12. The second kappa shape index (κ2) is 5.79. The second-order valence-electron chi connectivity index (χ2n) is 3.84. The second-order valence-corrected chi connectivity index (χ2v) is 4.28. The molecule has 0 aliphatic carbocycles. The molecule has 0 saturated heterocycles. The van der Waals surface area contributed by atoms with Gasteiger partial charge in [-0.1, -0.05) is 11.6 Å². The van der Waals surface area contributed by atoms with Crippen LogP contribution in [0.4, 0.5) is 0 Å². The zero-order valence-corrected chi connectivity index (χ0v) is 11.6. The molecule has 1 aromatic carbocycles. The van der Waals surface area contributed by atoms with Crippen LogP contribution < -0.4 is 0 Å². The Bertz CT molecular complexity index is 642. The highest BCUT2D eigenvalue weighted by molar-refractivity contribution is 6.30. The molecule has 0 radical (unpaired) electrons. The molecule has 20 heavy (non-hydrogen) atoms. The summed E-state index contributed by atoms with van der Waals surface area (Å²) < 4.78 is 14.6. The first kappa shape index (κ1) is 14.1. The minimum absolute atomic E-state index is 0.0179. The maximum atomic E-state index is 11.9. The lowest BCUT2D eigenvalue weighted by atomic mass is 10.1. The molecule has 0 atom stereocenters. The maximum Gasteiger partial charge on any atom is 0.342 e. The predicted octanol–water partition coefficient (Wildman–Crippen LogP) is 3.17. The highest BCUT2D eigenvalue weighted by Gasteiger charge is 2.27. The quantitative estimate of drug-likeness (QED) is 0.813. The molecular formula is C14H11ClO5. The van der Waals surface area contributed by atoms with Crippen molar-refractivity contribution in [1.82, 2.24) is 0 Å². The van der Waals surface area contributed by atoms with E-state index in [0.717, 1.165) is 0 Å². The van der Waals surface area contributed by atoms with Crippen LogP contribution in [-0.4, -0.2) is 26.2 Å². The first-order chi connectivity index (χ1) is 9.58. The molecule has 0 aliphatic rings. The summed E-state index contributed by atoms with van der Waals surface area (Å²) in [7, 11) is 2.44. The number of esters is 2. The lowest BCUT2D eigenvalue weighted by molar-refractivity contribution is 0.0557. The van der Waals surface area contributed by atoms with Crippen molar-refractivity contribution in [1.29, 1.82) is 0 Å². The SMILES string of the molecule is COC(=O)c1coc(-c2ccc(Cl)cc2)c1C(=O)OC. The Balaban J connectivity index is 2.59. The van der Waals surface area contributed by atoms with Crippen LogP contribution in [0.25, 0.3) is 11.3 Å². The van der Waals surface area contributed by atoms with E-state index in [4.69, 9.17) is 16.0 Å². The van der Waals surface area contributed by atoms with Gasteiger partial charge < -0.3 is 13.9 Å². The largest absolute Gasteiger partial charge is 0.465 e. The number of hydrogen-bond acceptors (Lipinski definition) is 5. The normalized spacial score (nSPS) is 10.2. The molecule has 6 heteroatoms. The molecule has 0 bridgehead atoms. The third-order valence-corrected chi connectivity index (χ3v) is 2.94. The minimum atomic E-state index is -0.677. The molecule has 0 aliphatic heterocycles. The lowest BCUT2D eigenvalue weighted by Gasteiger charge is -2.03. The summed E-state index contributed by atoms with van der Waals surface area (Å²) in [6.07, 6.45) is 1.17. The number of benzene rings is 1. The third kappa shape index (κ3) is 2.53. The van der Waals surface area contributed by atoms with Crippen molar-refractivity contribution in [3.05, 3.63) is 46.7 Å². The summed E-state index contributed by atoms with van der Waals surface area (Å²) in [4.78, 5) is 23.5. The Morgan fingerprint density at radius 1 is 1.05 bits per heavy atom. The zero-order valence-electron chi connectivity index (χ0n) is 10.8. The Morgan fingerprint density at radius 3 is 2.20 bits per heavy atom. The highest BCUT2D eigenvalue weighted by atomic mass is 35.5. The van der Waals surface area contributed by atoms with E-state index in [0.29, 0.717) is 10.6 Å². The van der Waals surface area contributed by atoms with E-state index in [1.807, 2.05) is 0 Å². The van der Waals surface area contributed by atoms with Crippen LogP contribution in [-0.2, 0) is 9.47 Å². The van der Waals surface area contributed by atoms with E-state index in [2.05, 4.69) is 9.47 Å². The van der Waals surface area contributed by atoms with Crippen LogP contribution in [0, 0.1) is 0 Å². The van der Waals surface area contributed by atoms with Gasteiger partial charge in [0, 0.05) is 10.6 Å². The molecule has 0 spiro atoms. The fourth-order valence-electron chi connectivity index (χ4n) is 1.74. The molecule has 0 unspecified atom stereocenters. The fourth-order valence-corrected chi connectivity index (χ4v) is 1.86. The van der Waals surface area contributed by atoms with Gasteiger partial charge in [-0.2, -0.15) is 0 Å². The van der Waals surface area contributed by atoms with Gasteiger partial charge in [0.15, 0.2) is 0 Å². The molecule has 2 aromatic rings. The summed E-state index contributed by atoms with van der Waals surface area (Å²) in [6.45, 7) is 0. The van der Waals surface area contributed by atoms with Crippen molar-refractivity contribution >= 4 is 23.5 Å². The van der Waals surface area contributed by atoms with Crippen molar-refractivity contribution in [2.24, 2.45) is 0 Å². The van der Waals surface area contributed by atoms with E-state index in [1.54, 1.807) is 24.3 Å². The summed E-state index contributed by atoms with van der Waals surface area (Å²) >= 11 is 5.81. The Morgan fingerprint density at radius 2 is 1.65 bits per heavy atom. The number of rotatable bonds is 3. The number of hydrogen-bond donors (Lipinski definition) is 0. The van der Waals surface area contributed by atoms with Crippen LogP contribution in [0.3, 0.4) is 0 Å². The smallest absolute Gasteiger partial charge is 0.342 e. The van der Waals surface area contributed by atoms with Gasteiger partial charge >= 0.3 is 11.9 Å². The number of ether oxygens (including phenoxy) is 2. The number of carbonyl (C=O) groups is 2. The molecule has 0 amide bonds. The molecule has 5 nitrogen and oxygen atoms in total. The molecule has 2 rings (SSSR count). The van der Waals surface area contributed by atoms with E-state index >= 15 is 0 Å². The maximum absolute atomic E-state index is 11.9. The van der Waals surface area contributed by atoms with Crippen molar-refractivity contribution in [3.8, 4) is 11.3 Å². The van der Waals surface area contributed by atoms with Crippen LogP contribution in [0.1, 0.15) is 20.7 Å². The van der Waals surface area contributed by atoms with E-state index in [-0.39, 0.29) is 16.9 Å². The third-order valence-electron chi connectivity index (χ3n) is 2.69. The van der Waals surface area contributed by atoms with Gasteiger partial charge in [-0.05, 0) is 24.3 Å². The van der Waals surface area contributed by atoms with Crippen molar-refractivity contribution in [2.75, 3.05) is 14.2 Å². The molecule has 1 heterocycles. The van der Waals surface area contributed by atoms with Crippen LogP contribution >= 0.6 is 11.6 Å². The van der Waals surface area contributed by atoms with E-state index < -0.39 is 11.9 Å². The van der Waals surface area contributed by atoms with Gasteiger partial charge in [0.1, 0.15) is 23.2 Å². The monoisotopic (exact) mass is 294 g/mol. The predicted molar refractivity (Wildman–Crippen MR) is 71.8 cm³/mol. The van der Waals surface area contributed by atoms with Crippen molar-refractivity contribution in [2.45, 2.75) is 0 Å². The van der Waals surface area contributed by atoms with Gasteiger partial charge in [-0.15, -0.1) is 0 Å². The van der Waals surface area contributed by atoms with Gasteiger partial charge in [0.25, 0.3) is 0 Å². The Kier molecular flexibility index (Phi) is 4.10. The molecule has 0 N–H and O–H groups in total. The highest BCUT2D eigenvalue weighted by Crippen LogP contribution is 2.30. The molecule has 1 aromatic heterocycles. The van der Waals surface area contributed by atoms with Crippen LogP contribution in [0.5, 0.6) is 0 Å². The van der Waals surface area contributed by atoms with Gasteiger partial charge in [0.2, 0.25) is 0 Å². The first-order valence-electron chi connectivity index (χ1n) is 5.62. The molecule has 104 valence electrons. The molecular weight excluding hydrogens is 284 g/mol. The number of furan rings is 1. The standard InChI is InChI=1S/C14H11ClO5/c1-18-13(16)10-7-20-12(11(10)14(17)19-2)8-3-5-9(15)6-4-8/h3-7H,1-2H3. The number of methoxy groups -OCH3 is 2. The zero-order chi connectivity index (χ0) is 14.7. The molecule has 0 saturated carbocycles. The van der Waals surface area contributed by atoms with Crippen LogP contribution in [0.15, 0.2) is 34.9 Å². The summed E-state index contributed by atoms with van der Waals surface area (Å²) in [6, 6.07) is 6.65. The fraction of sp³-hybridized carbons (Fsp3) is 0.143. The summed E-state index contributed by atoms with van der Waals surface area (Å²) in [5.41, 5.74) is 0.649. The number of halogens is 1. The molecule has 0 fully saturated rings. The van der Waals surface area contributed by atoms with Crippen molar-refractivity contribution < 1.29 is 23.5 Å². The topological polar surface area (TPSA) is 65.7 Å². The van der Waals surface area contributed by atoms with Crippen LogP contribution in [0.2, 0.25) is 5.02 Å². The average Bonchev–Trinajstić information content (AvgIpc) is 2.91. The minimum Gasteiger partial charge on any atom is -0.465 e. The van der Waals surface area contributed by atoms with Gasteiger partial charge in [-0.25, -0.2) is 9.59 Å². The summed E-state index contributed by atoms with van der Waals surface area (Å²) in [5, 5.41) is 0.549. The average molecular weight is 295 g/mol. The first-order valence-corrected chi connectivity index (χ1v) is 6.00. The van der Waals surface area contributed by atoms with Gasteiger partial charge in [0.05, 0.1) is 14.2 Å². The van der Waals surface area contributed by atoms with E-state index in [1.165, 1.54) is 20.5 Å². The Labute approximate surface area is 120 Å². The van der Waals surface area contributed by atoms with E-state index in [9.17, 15) is 9.59 Å².